The van der Waals surface area contributed by atoms with Gasteiger partial charge in [0, 0.05) is 29.6 Å². The normalized spacial score (nSPS) is 26.5. The molecular weight excluding hydrogens is 308 g/mol. The molecule has 1 aromatic carbocycles. The number of likely N-dealkylation sites (tertiary alicyclic amines) is 1. The minimum Gasteiger partial charge on any atom is -0.410 e. The number of likely N-dealkylation sites (N-methyl/N-ethyl adjacent to an activating group) is 1. The number of hydrogen-bond acceptors (Lipinski definition) is 3. The summed E-state index contributed by atoms with van der Waals surface area (Å²) in [5.74, 6) is 0.597. The molecule has 0 N–H and O–H groups in total. The van der Waals surface area contributed by atoms with Gasteiger partial charge in [0.25, 0.3) is 0 Å². The summed E-state index contributed by atoms with van der Waals surface area (Å²) in [6, 6.07) is 8.33. The van der Waals surface area contributed by atoms with Crippen LogP contribution in [0.25, 0.3) is 0 Å². The van der Waals surface area contributed by atoms with E-state index in [1.807, 2.05) is 17.0 Å². The number of amides is 1. The number of piperazine rings is 1. The van der Waals surface area contributed by atoms with Crippen LogP contribution < -0.4 is 4.74 Å². The summed E-state index contributed by atoms with van der Waals surface area (Å²) in [5.41, 5.74) is 0. The predicted molar refractivity (Wildman–Crippen MR) is 76.3 cm³/mol. The third-order valence-corrected chi connectivity index (χ3v) is 4.65. The Morgan fingerprint density at radius 3 is 2.37 bits per heavy atom. The van der Waals surface area contributed by atoms with Crippen molar-refractivity contribution in [2.45, 2.75) is 24.9 Å². The molecule has 1 aromatic rings. The Bertz CT molecular complexity index is 463. The summed E-state index contributed by atoms with van der Waals surface area (Å²) >= 11 is 3.36. The number of rotatable bonds is 1. The smallest absolute Gasteiger partial charge is 0.410 e. The van der Waals surface area contributed by atoms with Gasteiger partial charge in [-0.05, 0) is 44.2 Å². The van der Waals surface area contributed by atoms with Crippen LogP contribution in [0.3, 0.4) is 0 Å². The van der Waals surface area contributed by atoms with Gasteiger partial charge in [0.1, 0.15) is 5.75 Å². The monoisotopic (exact) mass is 324 g/mol. The fourth-order valence-corrected chi connectivity index (χ4v) is 3.20. The van der Waals surface area contributed by atoms with E-state index in [1.165, 1.54) is 12.8 Å². The van der Waals surface area contributed by atoms with Gasteiger partial charge in [0.2, 0.25) is 0 Å². The molecule has 1 amide bonds. The number of halogens is 1. The molecule has 2 heterocycles. The lowest BCUT2D eigenvalue weighted by Crippen LogP contribution is -2.54. The predicted octanol–water partition coefficient (Wildman–Crippen LogP) is 2.73. The van der Waals surface area contributed by atoms with E-state index >= 15 is 0 Å². The summed E-state index contributed by atoms with van der Waals surface area (Å²) in [6.07, 6.45) is 2.14. The number of nitrogens with zero attached hydrogens (tertiary/aromatic N) is 2. The summed E-state index contributed by atoms with van der Waals surface area (Å²) < 4.78 is 6.39. The maximum atomic E-state index is 12.2. The zero-order chi connectivity index (χ0) is 13.4. The fourth-order valence-electron chi connectivity index (χ4n) is 2.93. The van der Waals surface area contributed by atoms with Crippen molar-refractivity contribution in [1.29, 1.82) is 0 Å². The van der Waals surface area contributed by atoms with E-state index in [0.717, 1.165) is 17.6 Å². The first kappa shape index (κ1) is 12.9. The number of hydrogen-bond donors (Lipinski definition) is 0. The average Bonchev–Trinajstić information content (AvgIpc) is 2.64. The van der Waals surface area contributed by atoms with Crippen molar-refractivity contribution >= 4 is 22.0 Å². The van der Waals surface area contributed by atoms with Crippen LogP contribution in [0, 0.1) is 0 Å². The van der Waals surface area contributed by atoms with Crippen molar-refractivity contribution in [3.63, 3.8) is 0 Å². The van der Waals surface area contributed by atoms with Crippen molar-refractivity contribution in [1.82, 2.24) is 9.80 Å². The standard InChI is InChI=1S/C14H17BrN2O2/c1-16-11-4-5-12(16)9-17(8-11)14(18)19-13-6-2-10(15)3-7-13/h2-3,6-7,11-12H,4-5,8-9H2,1H3. The topological polar surface area (TPSA) is 32.8 Å². The Morgan fingerprint density at radius 2 is 1.79 bits per heavy atom. The molecule has 0 spiro atoms. The van der Waals surface area contributed by atoms with Crippen molar-refractivity contribution in [3.05, 3.63) is 28.7 Å². The van der Waals surface area contributed by atoms with Gasteiger partial charge in [-0.15, -0.1) is 0 Å². The Hall–Kier alpha value is -1.07. The van der Waals surface area contributed by atoms with Gasteiger partial charge in [-0.25, -0.2) is 4.79 Å². The van der Waals surface area contributed by atoms with Gasteiger partial charge in [-0.2, -0.15) is 0 Å². The van der Waals surface area contributed by atoms with Crippen LogP contribution in [-0.2, 0) is 0 Å². The zero-order valence-electron chi connectivity index (χ0n) is 10.9. The summed E-state index contributed by atoms with van der Waals surface area (Å²) in [6.45, 7) is 1.56. The number of carbonyl (C=O) groups is 1. The second-order valence-corrected chi connectivity index (χ2v) is 6.19. The highest BCUT2D eigenvalue weighted by Gasteiger charge is 2.39. The molecule has 2 fully saturated rings. The second kappa shape index (κ2) is 5.13. The van der Waals surface area contributed by atoms with E-state index in [1.54, 1.807) is 12.1 Å². The van der Waals surface area contributed by atoms with Crippen LogP contribution in [-0.4, -0.2) is 48.1 Å². The molecular formula is C14H17BrN2O2. The van der Waals surface area contributed by atoms with E-state index in [4.69, 9.17) is 4.74 Å². The van der Waals surface area contributed by atoms with Crippen molar-refractivity contribution in [2.24, 2.45) is 0 Å². The van der Waals surface area contributed by atoms with Crippen LogP contribution in [0.5, 0.6) is 5.75 Å². The molecule has 2 bridgehead atoms. The molecule has 4 nitrogen and oxygen atoms in total. The van der Waals surface area contributed by atoms with Gasteiger partial charge < -0.3 is 9.64 Å². The summed E-state index contributed by atoms with van der Waals surface area (Å²) in [7, 11) is 2.15. The molecule has 2 aliphatic heterocycles. The van der Waals surface area contributed by atoms with Gasteiger partial charge >= 0.3 is 6.09 Å². The molecule has 0 aromatic heterocycles. The first-order chi connectivity index (χ1) is 9.13. The van der Waals surface area contributed by atoms with E-state index in [2.05, 4.69) is 27.9 Å². The van der Waals surface area contributed by atoms with Crippen molar-refractivity contribution < 1.29 is 9.53 Å². The van der Waals surface area contributed by atoms with Crippen LogP contribution in [0.2, 0.25) is 0 Å². The maximum Gasteiger partial charge on any atom is 0.415 e. The Balaban J connectivity index is 1.64. The highest BCUT2D eigenvalue weighted by molar-refractivity contribution is 9.10. The number of ether oxygens (including phenoxy) is 1. The maximum absolute atomic E-state index is 12.2. The van der Waals surface area contributed by atoms with E-state index in [9.17, 15) is 4.79 Å². The Morgan fingerprint density at radius 1 is 1.21 bits per heavy atom. The molecule has 19 heavy (non-hydrogen) atoms. The molecule has 2 saturated heterocycles. The van der Waals surface area contributed by atoms with Crippen LogP contribution in [0.4, 0.5) is 4.79 Å². The molecule has 5 heteroatoms. The minimum atomic E-state index is -0.229. The largest absolute Gasteiger partial charge is 0.415 e. The van der Waals surface area contributed by atoms with Gasteiger partial charge in [0.15, 0.2) is 0 Å². The van der Waals surface area contributed by atoms with Crippen LogP contribution in [0.1, 0.15) is 12.8 Å². The van der Waals surface area contributed by atoms with Gasteiger partial charge in [-0.1, -0.05) is 15.9 Å². The van der Waals surface area contributed by atoms with Crippen molar-refractivity contribution in [3.8, 4) is 5.75 Å². The zero-order valence-corrected chi connectivity index (χ0v) is 12.5. The van der Waals surface area contributed by atoms with Gasteiger partial charge in [-0.3, -0.25) is 4.90 Å². The number of benzene rings is 1. The Kier molecular flexibility index (Phi) is 3.50. The average molecular weight is 325 g/mol. The number of fused-ring (bicyclic) bond motifs is 2. The van der Waals surface area contributed by atoms with E-state index in [0.29, 0.717) is 17.8 Å². The first-order valence-electron chi connectivity index (χ1n) is 6.58. The fraction of sp³-hybridized carbons (Fsp3) is 0.500. The molecule has 0 radical (unpaired) electrons. The molecule has 2 aliphatic rings. The lowest BCUT2D eigenvalue weighted by Gasteiger charge is -2.38. The van der Waals surface area contributed by atoms with E-state index < -0.39 is 0 Å². The van der Waals surface area contributed by atoms with Crippen molar-refractivity contribution in [2.75, 3.05) is 20.1 Å². The lowest BCUT2D eigenvalue weighted by atomic mass is 10.2. The summed E-state index contributed by atoms with van der Waals surface area (Å²) in [5, 5.41) is 0. The highest BCUT2D eigenvalue weighted by Crippen LogP contribution is 2.28. The highest BCUT2D eigenvalue weighted by atomic mass is 79.9. The van der Waals surface area contributed by atoms with Gasteiger partial charge in [0.05, 0.1) is 0 Å². The quantitative estimate of drug-likeness (QED) is 0.796. The summed E-state index contributed by atoms with van der Waals surface area (Å²) in [4.78, 5) is 16.4. The molecule has 0 aliphatic carbocycles. The lowest BCUT2D eigenvalue weighted by molar-refractivity contribution is 0.0825. The third kappa shape index (κ3) is 2.62. The molecule has 2 unspecified atom stereocenters. The molecule has 0 saturated carbocycles. The van der Waals surface area contributed by atoms with Crippen LogP contribution >= 0.6 is 15.9 Å². The SMILES string of the molecule is CN1C2CCC1CN(C(=O)Oc1ccc(Br)cc1)C2. The second-order valence-electron chi connectivity index (χ2n) is 5.28. The third-order valence-electron chi connectivity index (χ3n) is 4.12. The first-order valence-corrected chi connectivity index (χ1v) is 7.37. The Labute approximate surface area is 121 Å². The minimum absolute atomic E-state index is 0.229. The molecule has 2 atom stereocenters. The van der Waals surface area contributed by atoms with Crippen LogP contribution in [0.15, 0.2) is 28.7 Å². The molecule has 102 valence electrons. The number of carbonyl (C=O) groups excluding carboxylic acids is 1. The molecule has 3 rings (SSSR count). The van der Waals surface area contributed by atoms with E-state index in [-0.39, 0.29) is 6.09 Å².